The average molecular weight is 167 g/mol. The van der Waals surface area contributed by atoms with Crippen molar-refractivity contribution >= 4 is 5.91 Å². The zero-order valence-electron chi connectivity index (χ0n) is 7.97. The van der Waals surface area contributed by atoms with E-state index >= 15 is 0 Å². The summed E-state index contributed by atoms with van der Waals surface area (Å²) in [5.74, 6) is -0.00523. The number of amides is 1. The third-order valence-corrected chi connectivity index (χ3v) is 1.68. The number of carbonyl (C=O) groups excluding carboxylic acids is 1. The van der Waals surface area contributed by atoms with E-state index < -0.39 is 0 Å². The van der Waals surface area contributed by atoms with Crippen LogP contribution in [0, 0.1) is 0 Å². The maximum absolute atomic E-state index is 11.5. The number of rotatable bonds is 5. The smallest absolute Gasteiger partial charge is 0.253 e. The molecule has 12 heavy (non-hydrogen) atoms. The summed E-state index contributed by atoms with van der Waals surface area (Å²) in [6.07, 6.45) is 2.48. The summed E-state index contributed by atoms with van der Waals surface area (Å²) in [6.45, 7) is 12.7. The van der Waals surface area contributed by atoms with Crippen molar-refractivity contribution in [3.63, 3.8) is 0 Å². The third kappa shape index (κ3) is 2.91. The first kappa shape index (κ1) is 11.0. The van der Waals surface area contributed by atoms with Crippen molar-refractivity contribution in [3.8, 4) is 0 Å². The molecule has 0 aromatic heterocycles. The van der Waals surface area contributed by atoms with Crippen LogP contribution in [0.3, 0.4) is 0 Å². The lowest BCUT2D eigenvalue weighted by molar-refractivity contribution is -0.126. The second-order valence-corrected chi connectivity index (χ2v) is 2.61. The van der Waals surface area contributed by atoms with Gasteiger partial charge < -0.3 is 4.90 Å². The molecule has 0 aliphatic rings. The molecule has 0 fully saturated rings. The first-order valence-electron chi connectivity index (χ1n) is 4.27. The molecule has 0 saturated carbocycles. The Morgan fingerprint density at radius 3 is 2.42 bits per heavy atom. The Kier molecular flexibility index (Phi) is 5.09. The fourth-order valence-electron chi connectivity index (χ4n) is 0.964. The largest absolute Gasteiger partial charge is 0.339 e. The monoisotopic (exact) mass is 167 g/mol. The summed E-state index contributed by atoms with van der Waals surface area (Å²) in [5.41, 5.74) is 0.477. The van der Waals surface area contributed by atoms with Crippen LogP contribution in [0.25, 0.3) is 0 Å². The van der Waals surface area contributed by atoms with Crippen LogP contribution in [-0.4, -0.2) is 23.9 Å². The van der Waals surface area contributed by atoms with Gasteiger partial charge in [-0.3, -0.25) is 4.79 Å². The van der Waals surface area contributed by atoms with Gasteiger partial charge in [-0.2, -0.15) is 0 Å². The molecule has 0 radical (unpaired) electrons. The quantitative estimate of drug-likeness (QED) is 0.453. The zero-order valence-corrected chi connectivity index (χ0v) is 7.97. The molecule has 68 valence electrons. The number of hydrogen-bond acceptors (Lipinski definition) is 1. The Morgan fingerprint density at radius 2 is 2.08 bits per heavy atom. The molecular weight excluding hydrogens is 150 g/mol. The van der Waals surface area contributed by atoms with Gasteiger partial charge in [0.2, 0.25) is 0 Å². The normalized spacial score (nSPS) is 9.17. The summed E-state index contributed by atoms with van der Waals surface area (Å²) in [4.78, 5) is 13.2. The number of nitrogens with zero attached hydrogens (tertiary/aromatic N) is 1. The molecule has 2 nitrogen and oxygen atoms in total. The van der Waals surface area contributed by atoms with Gasteiger partial charge in [-0.1, -0.05) is 26.2 Å². The molecule has 0 aromatic rings. The maximum Gasteiger partial charge on any atom is 0.253 e. The average Bonchev–Trinajstić information content (AvgIpc) is 2.11. The molecule has 0 bridgehead atoms. The van der Waals surface area contributed by atoms with Crippen molar-refractivity contribution in [2.45, 2.75) is 20.3 Å². The first-order chi connectivity index (χ1) is 5.67. The van der Waals surface area contributed by atoms with Gasteiger partial charge in [0.15, 0.2) is 0 Å². The molecule has 1 amide bonds. The van der Waals surface area contributed by atoms with Gasteiger partial charge in [0.1, 0.15) is 0 Å². The summed E-state index contributed by atoms with van der Waals surface area (Å²) >= 11 is 0. The van der Waals surface area contributed by atoms with E-state index in [1.165, 1.54) is 6.08 Å². The van der Waals surface area contributed by atoms with Gasteiger partial charge in [0.25, 0.3) is 5.91 Å². The fourth-order valence-corrected chi connectivity index (χ4v) is 0.964. The molecule has 0 aromatic carbocycles. The summed E-state index contributed by atoms with van der Waals surface area (Å²) in [6, 6.07) is 0. The number of likely N-dealkylation sites (N-methyl/N-ethyl adjacent to an activating group) is 1. The SMILES string of the molecule is C=CC(=C)C(=O)N(CC)CCC. The van der Waals surface area contributed by atoms with Crippen LogP contribution in [-0.2, 0) is 4.79 Å². The van der Waals surface area contributed by atoms with Crippen molar-refractivity contribution in [1.29, 1.82) is 0 Å². The molecule has 0 atom stereocenters. The van der Waals surface area contributed by atoms with Crippen LogP contribution < -0.4 is 0 Å². The number of hydrogen-bond donors (Lipinski definition) is 0. The molecule has 0 aliphatic carbocycles. The third-order valence-electron chi connectivity index (χ3n) is 1.68. The van der Waals surface area contributed by atoms with Crippen LogP contribution in [0.4, 0.5) is 0 Å². The minimum absolute atomic E-state index is 0.00523. The van der Waals surface area contributed by atoms with Gasteiger partial charge in [-0.15, -0.1) is 0 Å². The van der Waals surface area contributed by atoms with Gasteiger partial charge in [-0.05, 0) is 13.3 Å². The van der Waals surface area contributed by atoms with Crippen LogP contribution in [0.1, 0.15) is 20.3 Å². The molecule has 0 aliphatic heterocycles. The van der Waals surface area contributed by atoms with Gasteiger partial charge >= 0.3 is 0 Å². The Labute approximate surface area is 74.6 Å². The van der Waals surface area contributed by atoms with Gasteiger partial charge in [0, 0.05) is 18.7 Å². The molecule has 0 heterocycles. The van der Waals surface area contributed by atoms with E-state index in [2.05, 4.69) is 13.2 Å². The topological polar surface area (TPSA) is 20.3 Å². The molecule has 2 heteroatoms. The summed E-state index contributed by atoms with van der Waals surface area (Å²) < 4.78 is 0. The van der Waals surface area contributed by atoms with E-state index in [1.54, 1.807) is 4.90 Å². The van der Waals surface area contributed by atoms with Gasteiger partial charge in [-0.25, -0.2) is 0 Å². The lowest BCUT2D eigenvalue weighted by Crippen LogP contribution is -2.31. The van der Waals surface area contributed by atoms with E-state index in [-0.39, 0.29) is 5.91 Å². The minimum atomic E-state index is -0.00523. The van der Waals surface area contributed by atoms with Crippen LogP contribution in [0.15, 0.2) is 24.8 Å². The lowest BCUT2D eigenvalue weighted by Gasteiger charge is -2.19. The molecule has 0 unspecified atom stereocenters. The Bertz CT molecular complexity index is 184. The molecular formula is C10H17NO. The molecule has 0 rings (SSSR count). The highest BCUT2D eigenvalue weighted by molar-refractivity contribution is 5.95. The maximum atomic E-state index is 11.5. The molecule has 0 N–H and O–H groups in total. The van der Waals surface area contributed by atoms with Crippen molar-refractivity contribution in [2.24, 2.45) is 0 Å². The van der Waals surface area contributed by atoms with Crippen LogP contribution >= 0.6 is 0 Å². The highest BCUT2D eigenvalue weighted by Crippen LogP contribution is 2.01. The fraction of sp³-hybridized carbons (Fsp3) is 0.500. The Hall–Kier alpha value is -1.05. The van der Waals surface area contributed by atoms with Crippen LogP contribution in [0.2, 0.25) is 0 Å². The van der Waals surface area contributed by atoms with Crippen molar-refractivity contribution in [1.82, 2.24) is 4.90 Å². The van der Waals surface area contributed by atoms with Crippen molar-refractivity contribution < 1.29 is 4.79 Å². The van der Waals surface area contributed by atoms with Gasteiger partial charge in [0.05, 0.1) is 0 Å². The van der Waals surface area contributed by atoms with E-state index in [0.717, 1.165) is 19.5 Å². The highest BCUT2D eigenvalue weighted by atomic mass is 16.2. The highest BCUT2D eigenvalue weighted by Gasteiger charge is 2.10. The lowest BCUT2D eigenvalue weighted by atomic mass is 10.2. The second kappa shape index (κ2) is 5.58. The van der Waals surface area contributed by atoms with Crippen LogP contribution in [0.5, 0.6) is 0 Å². The molecule has 0 spiro atoms. The van der Waals surface area contributed by atoms with E-state index in [9.17, 15) is 4.79 Å². The predicted molar refractivity (Wildman–Crippen MR) is 51.9 cm³/mol. The minimum Gasteiger partial charge on any atom is -0.339 e. The van der Waals surface area contributed by atoms with E-state index in [1.807, 2.05) is 13.8 Å². The summed E-state index contributed by atoms with van der Waals surface area (Å²) in [7, 11) is 0. The Balaban J connectivity index is 4.20. The van der Waals surface area contributed by atoms with Crippen molar-refractivity contribution in [3.05, 3.63) is 24.8 Å². The standard InChI is InChI=1S/C10H17NO/c1-5-8-11(7-3)10(12)9(4)6-2/h6H,2,4-5,7-8H2,1,3H3. The Morgan fingerprint density at radius 1 is 1.50 bits per heavy atom. The van der Waals surface area contributed by atoms with E-state index in [4.69, 9.17) is 0 Å². The number of carbonyl (C=O) groups is 1. The first-order valence-corrected chi connectivity index (χ1v) is 4.27. The molecule has 0 saturated heterocycles. The zero-order chi connectivity index (χ0) is 9.56. The predicted octanol–water partition coefficient (Wildman–Crippen LogP) is 1.99. The summed E-state index contributed by atoms with van der Waals surface area (Å²) in [5, 5.41) is 0. The second-order valence-electron chi connectivity index (χ2n) is 2.61. The van der Waals surface area contributed by atoms with E-state index in [0.29, 0.717) is 5.57 Å². The van der Waals surface area contributed by atoms with Crippen molar-refractivity contribution in [2.75, 3.05) is 13.1 Å².